The molecule has 6 heteroatoms. The van der Waals surface area contributed by atoms with Crippen LogP contribution in [0.1, 0.15) is 9.67 Å². The molecule has 0 aliphatic heterocycles. The zero-order chi connectivity index (χ0) is 15.0. The van der Waals surface area contributed by atoms with Crippen molar-refractivity contribution in [3.63, 3.8) is 0 Å². The van der Waals surface area contributed by atoms with Gasteiger partial charge in [-0.2, -0.15) is 0 Å². The number of benzene rings is 2. The van der Waals surface area contributed by atoms with E-state index >= 15 is 0 Å². The van der Waals surface area contributed by atoms with Gasteiger partial charge < -0.3 is 11.1 Å². The van der Waals surface area contributed by atoms with E-state index in [1.165, 1.54) is 11.3 Å². The van der Waals surface area contributed by atoms with Gasteiger partial charge in [0.1, 0.15) is 4.88 Å². The fraction of sp³-hybridized carbons (Fsp3) is 0. The van der Waals surface area contributed by atoms with Crippen LogP contribution in [0.2, 0.25) is 5.02 Å². The lowest BCUT2D eigenvalue weighted by molar-refractivity contribution is 0.103. The first-order valence-electron chi connectivity index (χ1n) is 6.09. The average molecular weight is 429 g/mol. The summed E-state index contributed by atoms with van der Waals surface area (Å²) in [6.07, 6.45) is 0. The number of nitrogens with one attached hydrogen (secondary N) is 1. The first-order valence-corrected chi connectivity index (χ1v) is 8.36. The van der Waals surface area contributed by atoms with E-state index in [-0.39, 0.29) is 5.91 Å². The predicted octanol–water partition coefficient (Wildman–Crippen LogP) is 4.99. The van der Waals surface area contributed by atoms with Gasteiger partial charge in [0, 0.05) is 24.4 Å². The van der Waals surface area contributed by atoms with Crippen LogP contribution in [-0.4, -0.2) is 5.91 Å². The van der Waals surface area contributed by atoms with Crippen LogP contribution in [0.4, 0.5) is 11.4 Å². The maximum absolute atomic E-state index is 12.4. The molecule has 3 nitrogen and oxygen atoms in total. The zero-order valence-electron chi connectivity index (χ0n) is 10.7. The van der Waals surface area contributed by atoms with Crippen LogP contribution in [0, 0.1) is 3.57 Å². The Morgan fingerprint density at radius 2 is 2.05 bits per heavy atom. The fourth-order valence-electron chi connectivity index (χ4n) is 2.01. The van der Waals surface area contributed by atoms with E-state index in [1.807, 2.05) is 30.3 Å². The van der Waals surface area contributed by atoms with Gasteiger partial charge in [0.05, 0.1) is 5.69 Å². The summed E-state index contributed by atoms with van der Waals surface area (Å²) in [5, 5.41) is 4.30. The summed E-state index contributed by atoms with van der Waals surface area (Å²) in [5.74, 6) is -0.202. The van der Waals surface area contributed by atoms with Crippen molar-refractivity contribution < 1.29 is 4.79 Å². The topological polar surface area (TPSA) is 55.1 Å². The number of fused-ring (bicyclic) bond motifs is 1. The minimum Gasteiger partial charge on any atom is -0.397 e. The van der Waals surface area contributed by atoms with Gasteiger partial charge in [0.2, 0.25) is 0 Å². The van der Waals surface area contributed by atoms with Crippen molar-refractivity contribution in [3.8, 4) is 0 Å². The number of carbonyl (C=O) groups is 1. The highest BCUT2D eigenvalue weighted by Crippen LogP contribution is 2.35. The standard InChI is InChI=1S/C15H10ClIN2OS/c16-8-4-5-12-11(6-8)13(18)14(21-12)15(20)19-10-3-1-2-9(17)7-10/h1-7H,18H2,(H,19,20). The molecule has 0 atom stereocenters. The maximum atomic E-state index is 12.4. The number of hydrogen-bond acceptors (Lipinski definition) is 3. The van der Waals surface area contributed by atoms with Crippen LogP contribution < -0.4 is 11.1 Å². The highest BCUT2D eigenvalue weighted by atomic mass is 127. The highest BCUT2D eigenvalue weighted by Gasteiger charge is 2.16. The van der Waals surface area contributed by atoms with E-state index in [2.05, 4.69) is 27.9 Å². The molecule has 0 aliphatic rings. The summed E-state index contributed by atoms with van der Waals surface area (Å²) in [6, 6.07) is 13.1. The first-order chi connectivity index (χ1) is 10.0. The summed E-state index contributed by atoms with van der Waals surface area (Å²) in [4.78, 5) is 12.9. The number of halogens is 2. The molecule has 21 heavy (non-hydrogen) atoms. The van der Waals surface area contributed by atoms with E-state index in [1.54, 1.807) is 12.1 Å². The summed E-state index contributed by atoms with van der Waals surface area (Å²) in [7, 11) is 0. The number of carbonyl (C=O) groups excluding carboxylic acids is 1. The Bertz CT molecular complexity index is 847. The molecule has 0 radical (unpaired) electrons. The van der Waals surface area contributed by atoms with Gasteiger partial charge in [-0.1, -0.05) is 17.7 Å². The van der Waals surface area contributed by atoms with Crippen molar-refractivity contribution in [1.29, 1.82) is 0 Å². The van der Waals surface area contributed by atoms with Gasteiger partial charge >= 0.3 is 0 Å². The Morgan fingerprint density at radius 1 is 1.24 bits per heavy atom. The molecule has 0 fully saturated rings. The predicted molar refractivity (Wildman–Crippen MR) is 98.4 cm³/mol. The molecule has 0 saturated heterocycles. The zero-order valence-corrected chi connectivity index (χ0v) is 14.4. The van der Waals surface area contributed by atoms with Crippen LogP contribution in [0.5, 0.6) is 0 Å². The molecule has 1 amide bonds. The molecule has 1 aromatic heterocycles. The second-order valence-corrected chi connectivity index (χ2v) is 7.18. The molecule has 0 bridgehead atoms. The molecular weight excluding hydrogens is 419 g/mol. The summed E-state index contributed by atoms with van der Waals surface area (Å²) >= 11 is 9.54. The summed E-state index contributed by atoms with van der Waals surface area (Å²) in [6.45, 7) is 0. The number of thiophene rings is 1. The van der Waals surface area contributed by atoms with Crippen LogP contribution >= 0.6 is 45.5 Å². The summed E-state index contributed by atoms with van der Waals surface area (Å²) < 4.78 is 2.01. The Hall–Kier alpha value is -1.31. The van der Waals surface area contributed by atoms with Crippen LogP contribution in [0.3, 0.4) is 0 Å². The molecular formula is C15H10ClIN2OS. The Kier molecular flexibility index (Phi) is 4.05. The van der Waals surface area contributed by atoms with E-state index in [4.69, 9.17) is 17.3 Å². The van der Waals surface area contributed by atoms with Gasteiger partial charge in [-0.05, 0) is 59.0 Å². The number of hydrogen-bond donors (Lipinski definition) is 2. The maximum Gasteiger partial charge on any atom is 0.267 e. The third-order valence-corrected chi connectivity index (χ3v) is 5.07. The van der Waals surface area contributed by atoms with Crippen molar-refractivity contribution in [2.75, 3.05) is 11.1 Å². The smallest absolute Gasteiger partial charge is 0.267 e. The minimum absolute atomic E-state index is 0.202. The third-order valence-electron chi connectivity index (χ3n) is 2.98. The van der Waals surface area contributed by atoms with Gasteiger partial charge in [-0.15, -0.1) is 11.3 Å². The monoisotopic (exact) mass is 428 g/mol. The highest BCUT2D eigenvalue weighted by molar-refractivity contribution is 14.1. The van der Waals surface area contributed by atoms with Gasteiger partial charge in [0.25, 0.3) is 5.91 Å². The lowest BCUT2D eigenvalue weighted by atomic mass is 10.2. The molecule has 2 aromatic carbocycles. The van der Waals surface area contributed by atoms with E-state index in [9.17, 15) is 4.79 Å². The number of amides is 1. The molecule has 0 spiro atoms. The third kappa shape index (κ3) is 3.00. The van der Waals surface area contributed by atoms with E-state index in [0.29, 0.717) is 15.6 Å². The summed E-state index contributed by atoms with van der Waals surface area (Å²) in [5.41, 5.74) is 7.31. The largest absolute Gasteiger partial charge is 0.397 e. The molecule has 3 aromatic rings. The van der Waals surface area contributed by atoms with Crippen molar-refractivity contribution in [2.45, 2.75) is 0 Å². The lowest BCUT2D eigenvalue weighted by Crippen LogP contribution is -2.11. The second kappa shape index (κ2) is 5.82. The minimum atomic E-state index is -0.202. The van der Waals surface area contributed by atoms with Crippen molar-refractivity contribution >= 4 is 72.9 Å². The van der Waals surface area contributed by atoms with E-state index < -0.39 is 0 Å². The molecule has 0 saturated carbocycles. The number of anilines is 2. The van der Waals surface area contributed by atoms with Gasteiger partial charge in [-0.25, -0.2) is 0 Å². The van der Waals surface area contributed by atoms with Gasteiger partial charge in [0.15, 0.2) is 0 Å². The number of nitrogens with two attached hydrogens (primary N) is 1. The van der Waals surface area contributed by atoms with E-state index in [0.717, 1.165) is 19.3 Å². The van der Waals surface area contributed by atoms with Crippen molar-refractivity contribution in [2.24, 2.45) is 0 Å². The van der Waals surface area contributed by atoms with Crippen LogP contribution in [0.25, 0.3) is 10.1 Å². The van der Waals surface area contributed by atoms with Crippen LogP contribution in [-0.2, 0) is 0 Å². The lowest BCUT2D eigenvalue weighted by Gasteiger charge is -2.04. The Balaban J connectivity index is 1.96. The molecule has 3 rings (SSSR count). The SMILES string of the molecule is Nc1c(C(=O)Nc2cccc(I)c2)sc2ccc(Cl)cc12. The van der Waals surface area contributed by atoms with Crippen molar-refractivity contribution in [1.82, 2.24) is 0 Å². The quantitative estimate of drug-likeness (QED) is 0.565. The molecule has 0 aliphatic carbocycles. The molecule has 1 heterocycles. The number of nitrogen functional groups attached to an aromatic ring is 1. The number of rotatable bonds is 2. The molecule has 106 valence electrons. The molecule has 3 N–H and O–H groups in total. The Labute approximate surface area is 144 Å². The normalized spacial score (nSPS) is 10.8. The Morgan fingerprint density at radius 3 is 2.81 bits per heavy atom. The first kappa shape index (κ1) is 14.6. The molecule has 0 unspecified atom stereocenters. The van der Waals surface area contributed by atoms with Gasteiger partial charge in [-0.3, -0.25) is 4.79 Å². The van der Waals surface area contributed by atoms with Crippen LogP contribution in [0.15, 0.2) is 42.5 Å². The van der Waals surface area contributed by atoms with Crippen molar-refractivity contribution in [3.05, 3.63) is 55.9 Å². The average Bonchev–Trinajstić information content (AvgIpc) is 2.76. The fourth-order valence-corrected chi connectivity index (χ4v) is 3.73. The second-order valence-electron chi connectivity index (χ2n) is 4.45.